The van der Waals surface area contributed by atoms with E-state index in [1.807, 2.05) is 42.5 Å². The van der Waals surface area contributed by atoms with Crippen LogP contribution in [0.15, 0.2) is 84.1 Å². The molecule has 0 fully saturated rings. The number of fused-ring (bicyclic) bond motifs is 1. The number of nitro groups is 1. The van der Waals surface area contributed by atoms with Crippen LogP contribution < -0.4 is 10.2 Å². The van der Waals surface area contributed by atoms with Crippen molar-refractivity contribution in [3.05, 3.63) is 110 Å². The van der Waals surface area contributed by atoms with Crippen LogP contribution in [0, 0.1) is 10.1 Å². The van der Waals surface area contributed by atoms with Crippen LogP contribution in [0.5, 0.6) is 0 Å². The first-order valence-corrected chi connectivity index (χ1v) is 12.2. The van der Waals surface area contributed by atoms with Crippen molar-refractivity contribution in [3.8, 4) is 0 Å². The fourth-order valence-electron chi connectivity index (χ4n) is 5.12. The Labute approximate surface area is 213 Å². The zero-order valence-electron chi connectivity index (χ0n) is 19.6. The normalized spacial score (nSPS) is 19.2. The molecule has 0 saturated carbocycles. The number of halogens is 1. The van der Waals surface area contributed by atoms with Gasteiger partial charge in [0.1, 0.15) is 0 Å². The molecule has 0 radical (unpaired) electrons. The van der Waals surface area contributed by atoms with Gasteiger partial charge >= 0.3 is 0 Å². The second-order valence-corrected chi connectivity index (χ2v) is 9.42. The van der Waals surface area contributed by atoms with E-state index in [1.165, 1.54) is 12.1 Å². The van der Waals surface area contributed by atoms with Crippen LogP contribution >= 0.6 is 11.6 Å². The standard InChI is InChI=1S/C28H24ClN3O4/c1-2-26(34)31-24-9-4-3-8-22(24)30-23-15-19(18-6-5-7-21(14-18)32(35)36)16-25(33)27(23)28(31)17-10-12-20(29)13-11-17/h3-14,19,28,30H,2,15-16H2,1H3. The van der Waals surface area contributed by atoms with Crippen molar-refractivity contribution in [2.45, 2.75) is 38.1 Å². The molecular weight excluding hydrogens is 478 g/mol. The molecule has 0 saturated heterocycles. The van der Waals surface area contributed by atoms with Crippen LogP contribution in [-0.2, 0) is 9.59 Å². The molecule has 1 aliphatic heterocycles. The molecule has 1 amide bonds. The van der Waals surface area contributed by atoms with Gasteiger partial charge in [-0.15, -0.1) is 0 Å². The minimum Gasteiger partial charge on any atom is -0.357 e. The maximum absolute atomic E-state index is 13.8. The number of Topliss-reactive ketones (excluding diaryl/α,β-unsaturated/α-hetero) is 1. The minimum atomic E-state index is -0.626. The summed E-state index contributed by atoms with van der Waals surface area (Å²) in [4.78, 5) is 39.8. The molecule has 0 spiro atoms. The third kappa shape index (κ3) is 4.27. The second kappa shape index (κ2) is 9.59. The number of hydrogen-bond donors (Lipinski definition) is 1. The number of rotatable bonds is 4. The van der Waals surface area contributed by atoms with Gasteiger partial charge in [0.2, 0.25) is 5.91 Å². The molecule has 1 aliphatic carbocycles. The summed E-state index contributed by atoms with van der Waals surface area (Å²) in [5, 5.41) is 15.4. The maximum Gasteiger partial charge on any atom is 0.269 e. The number of anilines is 2. The Morgan fingerprint density at radius 3 is 2.53 bits per heavy atom. The van der Waals surface area contributed by atoms with Crippen molar-refractivity contribution in [1.29, 1.82) is 0 Å². The zero-order valence-corrected chi connectivity index (χ0v) is 20.4. The minimum absolute atomic E-state index is 0.00217. The predicted molar refractivity (Wildman–Crippen MR) is 139 cm³/mol. The van der Waals surface area contributed by atoms with Gasteiger partial charge in [0, 0.05) is 41.3 Å². The topological polar surface area (TPSA) is 92.6 Å². The van der Waals surface area contributed by atoms with E-state index in [0.717, 1.165) is 22.5 Å². The van der Waals surface area contributed by atoms with E-state index in [0.29, 0.717) is 22.7 Å². The molecule has 2 aliphatic rings. The smallest absolute Gasteiger partial charge is 0.269 e. The molecule has 0 bridgehead atoms. The molecule has 36 heavy (non-hydrogen) atoms. The average molecular weight is 502 g/mol. The van der Waals surface area contributed by atoms with Crippen molar-refractivity contribution in [2.75, 3.05) is 10.2 Å². The Bertz CT molecular complexity index is 1400. The van der Waals surface area contributed by atoms with Crippen LogP contribution in [0.25, 0.3) is 0 Å². The number of nitro benzene ring substituents is 1. The highest BCUT2D eigenvalue weighted by molar-refractivity contribution is 6.30. The number of nitrogens with one attached hydrogen (secondary N) is 1. The Balaban J connectivity index is 1.68. The molecule has 5 rings (SSSR count). The average Bonchev–Trinajstić information content (AvgIpc) is 3.03. The number of allylic oxidation sites excluding steroid dienone is 1. The maximum atomic E-state index is 13.8. The number of non-ortho nitro benzene ring substituents is 1. The van der Waals surface area contributed by atoms with Gasteiger partial charge in [-0.2, -0.15) is 0 Å². The van der Waals surface area contributed by atoms with Crippen molar-refractivity contribution in [3.63, 3.8) is 0 Å². The molecule has 182 valence electrons. The lowest BCUT2D eigenvalue weighted by Crippen LogP contribution is -2.38. The predicted octanol–water partition coefficient (Wildman–Crippen LogP) is 6.56. The fraction of sp³-hybridized carbons (Fsp3) is 0.214. The second-order valence-electron chi connectivity index (χ2n) is 8.99. The van der Waals surface area contributed by atoms with Gasteiger partial charge < -0.3 is 5.32 Å². The summed E-state index contributed by atoms with van der Waals surface area (Å²) >= 11 is 6.16. The molecule has 2 unspecified atom stereocenters. The van der Waals surface area contributed by atoms with Crippen molar-refractivity contribution in [1.82, 2.24) is 0 Å². The third-order valence-electron chi connectivity index (χ3n) is 6.80. The van der Waals surface area contributed by atoms with Crippen LogP contribution in [0.4, 0.5) is 17.1 Å². The van der Waals surface area contributed by atoms with E-state index in [4.69, 9.17) is 11.6 Å². The number of nitrogens with zero attached hydrogens (tertiary/aromatic N) is 2. The molecule has 3 aromatic carbocycles. The summed E-state index contributed by atoms with van der Waals surface area (Å²) in [7, 11) is 0. The lowest BCUT2D eigenvalue weighted by Gasteiger charge is -2.35. The number of carbonyl (C=O) groups excluding carboxylic acids is 2. The van der Waals surface area contributed by atoms with E-state index < -0.39 is 11.0 Å². The van der Waals surface area contributed by atoms with Crippen LogP contribution in [0.2, 0.25) is 5.02 Å². The van der Waals surface area contributed by atoms with Crippen LogP contribution in [0.1, 0.15) is 49.3 Å². The van der Waals surface area contributed by atoms with Crippen LogP contribution in [0.3, 0.4) is 0 Å². The van der Waals surface area contributed by atoms with Gasteiger partial charge in [0.25, 0.3) is 5.69 Å². The largest absolute Gasteiger partial charge is 0.357 e. The Morgan fingerprint density at radius 2 is 1.81 bits per heavy atom. The Kier molecular flexibility index (Phi) is 6.33. The molecule has 1 heterocycles. The molecule has 7 nitrogen and oxygen atoms in total. The van der Waals surface area contributed by atoms with Crippen molar-refractivity contribution < 1.29 is 14.5 Å². The van der Waals surface area contributed by atoms with Gasteiger partial charge in [-0.3, -0.25) is 24.6 Å². The van der Waals surface area contributed by atoms with E-state index in [-0.39, 0.29) is 36.1 Å². The highest BCUT2D eigenvalue weighted by Crippen LogP contribution is 2.47. The number of carbonyl (C=O) groups is 2. The van der Waals surface area contributed by atoms with Gasteiger partial charge in [0.05, 0.1) is 22.3 Å². The quantitative estimate of drug-likeness (QED) is 0.323. The van der Waals surface area contributed by atoms with Gasteiger partial charge in [0.15, 0.2) is 5.78 Å². The van der Waals surface area contributed by atoms with E-state index in [1.54, 1.807) is 30.0 Å². The lowest BCUT2D eigenvalue weighted by atomic mass is 9.78. The fourth-order valence-corrected chi connectivity index (χ4v) is 5.25. The number of para-hydroxylation sites is 2. The number of ketones is 1. The van der Waals surface area contributed by atoms with E-state index in [2.05, 4.69) is 5.32 Å². The summed E-state index contributed by atoms with van der Waals surface area (Å²) in [6.45, 7) is 1.80. The molecule has 1 N–H and O–H groups in total. The highest BCUT2D eigenvalue weighted by atomic mass is 35.5. The number of amides is 1. The van der Waals surface area contributed by atoms with Crippen molar-refractivity contribution in [2.24, 2.45) is 0 Å². The van der Waals surface area contributed by atoms with E-state index >= 15 is 0 Å². The lowest BCUT2D eigenvalue weighted by molar-refractivity contribution is -0.384. The summed E-state index contributed by atoms with van der Waals surface area (Å²) in [6, 6.07) is 20.6. The van der Waals surface area contributed by atoms with E-state index in [9.17, 15) is 19.7 Å². The summed E-state index contributed by atoms with van der Waals surface area (Å²) < 4.78 is 0. The highest BCUT2D eigenvalue weighted by Gasteiger charge is 2.41. The zero-order chi connectivity index (χ0) is 25.4. The molecule has 3 aromatic rings. The molecule has 2 atom stereocenters. The van der Waals surface area contributed by atoms with Gasteiger partial charge in [-0.05, 0) is 47.7 Å². The Hall–Kier alpha value is -3.97. The Morgan fingerprint density at radius 1 is 1.06 bits per heavy atom. The number of hydrogen-bond acceptors (Lipinski definition) is 5. The molecule has 0 aromatic heterocycles. The molecular formula is C28H24ClN3O4. The van der Waals surface area contributed by atoms with Gasteiger partial charge in [-0.1, -0.05) is 54.9 Å². The summed E-state index contributed by atoms with van der Waals surface area (Å²) in [5.74, 6) is -0.427. The van der Waals surface area contributed by atoms with Gasteiger partial charge in [-0.25, -0.2) is 0 Å². The molecule has 8 heteroatoms. The SMILES string of the molecule is CCC(=O)N1c2ccccc2NC2=C(C(=O)CC(c3cccc([N+](=O)[O-])c3)C2)C1c1ccc(Cl)cc1. The summed E-state index contributed by atoms with van der Waals surface area (Å²) in [5.41, 5.74) is 4.22. The number of benzene rings is 3. The first-order chi connectivity index (χ1) is 17.4. The first-order valence-electron chi connectivity index (χ1n) is 11.8. The summed E-state index contributed by atoms with van der Waals surface area (Å²) in [6.07, 6.45) is 0.941. The van der Waals surface area contributed by atoms with Crippen LogP contribution in [-0.4, -0.2) is 16.6 Å². The monoisotopic (exact) mass is 501 g/mol. The van der Waals surface area contributed by atoms with Crippen molar-refractivity contribution >= 4 is 40.4 Å². The third-order valence-corrected chi connectivity index (χ3v) is 7.05. The first kappa shape index (κ1) is 23.8.